The van der Waals surface area contributed by atoms with Crippen LogP contribution in [0.1, 0.15) is 50.2 Å². The van der Waals surface area contributed by atoms with Crippen LogP contribution in [0.3, 0.4) is 0 Å². The maximum absolute atomic E-state index is 14.1. The number of aryl methyl sites for hydroxylation is 1. The number of rotatable bonds is 7. The summed E-state index contributed by atoms with van der Waals surface area (Å²) in [5, 5.41) is 3.43. The van der Waals surface area contributed by atoms with Crippen LogP contribution in [-0.4, -0.2) is 16.1 Å². The fraction of sp³-hybridized carbons (Fsp3) is 0.471. The number of hydrogen-bond donors (Lipinski definition) is 1. The van der Waals surface area contributed by atoms with Gasteiger partial charge in [0.05, 0.1) is 0 Å². The number of nitrogens with one attached hydrogen (secondary N) is 1. The van der Waals surface area contributed by atoms with Gasteiger partial charge in [0, 0.05) is 31.4 Å². The zero-order valence-corrected chi connectivity index (χ0v) is 13.1. The largest absolute Gasteiger partial charge is 0.335 e. The van der Waals surface area contributed by atoms with Gasteiger partial charge >= 0.3 is 0 Å². The molecule has 0 spiro atoms. The molecule has 1 aromatic carbocycles. The van der Waals surface area contributed by atoms with E-state index in [0.717, 1.165) is 30.9 Å². The first-order valence-corrected chi connectivity index (χ1v) is 7.67. The smallest absolute Gasteiger partial charge is 0.126 e. The molecule has 0 aliphatic heterocycles. The third-order valence-corrected chi connectivity index (χ3v) is 3.76. The van der Waals surface area contributed by atoms with Gasteiger partial charge in [-0.15, -0.1) is 0 Å². The molecular weight excluding hydrogens is 265 g/mol. The van der Waals surface area contributed by atoms with Crippen molar-refractivity contribution in [1.29, 1.82) is 0 Å². The molecule has 21 heavy (non-hydrogen) atoms. The Morgan fingerprint density at radius 1 is 1.33 bits per heavy atom. The summed E-state index contributed by atoms with van der Waals surface area (Å²) in [6, 6.07) is 5.61. The van der Waals surface area contributed by atoms with Crippen molar-refractivity contribution in [2.24, 2.45) is 0 Å². The zero-order valence-electron chi connectivity index (χ0n) is 13.1. The summed E-state index contributed by atoms with van der Waals surface area (Å²) in [7, 11) is 0. The van der Waals surface area contributed by atoms with Crippen molar-refractivity contribution in [1.82, 2.24) is 14.9 Å². The van der Waals surface area contributed by atoms with Crippen molar-refractivity contribution in [3.8, 4) is 0 Å². The molecule has 0 bridgehead atoms. The van der Waals surface area contributed by atoms with Gasteiger partial charge < -0.3 is 9.88 Å². The Balaban J connectivity index is 2.19. The maximum Gasteiger partial charge on any atom is 0.126 e. The molecule has 114 valence electrons. The lowest BCUT2D eigenvalue weighted by Crippen LogP contribution is -2.19. The molecule has 1 N–H and O–H groups in total. The molecule has 1 aromatic heterocycles. The van der Waals surface area contributed by atoms with Crippen LogP contribution in [0.2, 0.25) is 0 Å². The standard InChI is InChI=1S/C17H24FN3/c1-4-8-19-13(3)14-6-7-16(18)15(11-14)12-17-20-9-10-21(17)5-2/h6-7,9-11,13,19H,4-5,8,12H2,1-3H3. The van der Waals surface area contributed by atoms with E-state index < -0.39 is 0 Å². The summed E-state index contributed by atoms with van der Waals surface area (Å²) in [5.41, 5.74) is 1.83. The Kier molecular flexibility index (Phi) is 5.51. The molecule has 0 saturated heterocycles. The molecule has 4 heteroatoms. The van der Waals surface area contributed by atoms with Crippen LogP contribution in [0.15, 0.2) is 30.6 Å². The topological polar surface area (TPSA) is 29.9 Å². The Morgan fingerprint density at radius 3 is 2.86 bits per heavy atom. The van der Waals surface area contributed by atoms with Gasteiger partial charge in [-0.3, -0.25) is 0 Å². The molecule has 1 atom stereocenters. The third-order valence-electron chi connectivity index (χ3n) is 3.76. The fourth-order valence-electron chi connectivity index (χ4n) is 2.44. The van der Waals surface area contributed by atoms with Gasteiger partial charge in [-0.1, -0.05) is 19.1 Å². The molecule has 2 rings (SSSR count). The minimum Gasteiger partial charge on any atom is -0.335 e. The molecule has 0 fully saturated rings. The number of halogens is 1. The first-order chi connectivity index (χ1) is 10.2. The molecule has 0 saturated carbocycles. The zero-order chi connectivity index (χ0) is 15.2. The Hall–Kier alpha value is -1.68. The number of imidazole rings is 1. The van der Waals surface area contributed by atoms with Gasteiger partial charge in [-0.05, 0) is 44.0 Å². The lowest BCUT2D eigenvalue weighted by Gasteiger charge is -2.15. The van der Waals surface area contributed by atoms with Crippen LogP contribution >= 0.6 is 0 Å². The predicted molar refractivity (Wildman–Crippen MR) is 83.8 cm³/mol. The first kappa shape index (κ1) is 15.7. The van der Waals surface area contributed by atoms with Crippen LogP contribution in [-0.2, 0) is 13.0 Å². The molecule has 3 nitrogen and oxygen atoms in total. The Bertz CT molecular complexity index is 577. The second-order valence-electron chi connectivity index (χ2n) is 5.33. The van der Waals surface area contributed by atoms with E-state index in [1.54, 1.807) is 12.3 Å². The van der Waals surface area contributed by atoms with Gasteiger partial charge in [0.1, 0.15) is 11.6 Å². The molecule has 2 aromatic rings. The van der Waals surface area contributed by atoms with E-state index in [2.05, 4.69) is 31.1 Å². The maximum atomic E-state index is 14.1. The van der Waals surface area contributed by atoms with E-state index in [-0.39, 0.29) is 11.9 Å². The molecule has 0 aliphatic carbocycles. The summed E-state index contributed by atoms with van der Waals surface area (Å²) >= 11 is 0. The summed E-state index contributed by atoms with van der Waals surface area (Å²) in [4.78, 5) is 4.33. The van der Waals surface area contributed by atoms with Crippen LogP contribution < -0.4 is 5.32 Å². The highest BCUT2D eigenvalue weighted by molar-refractivity contribution is 5.29. The van der Waals surface area contributed by atoms with Gasteiger partial charge in [-0.2, -0.15) is 0 Å². The lowest BCUT2D eigenvalue weighted by atomic mass is 10.0. The summed E-state index contributed by atoms with van der Waals surface area (Å²) in [5.74, 6) is 0.745. The van der Waals surface area contributed by atoms with Crippen LogP contribution in [0, 0.1) is 5.82 Å². The van der Waals surface area contributed by atoms with Gasteiger partial charge in [-0.25, -0.2) is 9.37 Å². The summed E-state index contributed by atoms with van der Waals surface area (Å²) in [6.45, 7) is 8.13. The van der Waals surface area contributed by atoms with Crippen molar-refractivity contribution in [2.45, 2.75) is 46.2 Å². The minimum absolute atomic E-state index is 0.160. The quantitative estimate of drug-likeness (QED) is 0.842. The van der Waals surface area contributed by atoms with Gasteiger partial charge in [0.15, 0.2) is 0 Å². The van der Waals surface area contributed by atoms with E-state index in [0.29, 0.717) is 12.0 Å². The second-order valence-corrected chi connectivity index (χ2v) is 5.33. The van der Waals surface area contributed by atoms with Crippen molar-refractivity contribution in [2.75, 3.05) is 6.54 Å². The van der Waals surface area contributed by atoms with Crippen molar-refractivity contribution in [3.05, 3.63) is 53.4 Å². The predicted octanol–water partition coefficient (Wildman–Crippen LogP) is 3.69. The molecule has 0 radical (unpaired) electrons. The second kappa shape index (κ2) is 7.36. The van der Waals surface area contributed by atoms with Crippen LogP contribution in [0.5, 0.6) is 0 Å². The lowest BCUT2D eigenvalue weighted by molar-refractivity contribution is 0.564. The minimum atomic E-state index is -0.160. The number of hydrogen-bond acceptors (Lipinski definition) is 2. The first-order valence-electron chi connectivity index (χ1n) is 7.67. The third kappa shape index (κ3) is 3.91. The van der Waals surface area contributed by atoms with Crippen LogP contribution in [0.25, 0.3) is 0 Å². The highest BCUT2D eigenvalue weighted by Gasteiger charge is 2.11. The van der Waals surface area contributed by atoms with Gasteiger partial charge in [0.25, 0.3) is 0 Å². The molecule has 0 aliphatic rings. The van der Waals surface area contributed by atoms with Gasteiger partial charge in [0.2, 0.25) is 0 Å². The fourth-order valence-corrected chi connectivity index (χ4v) is 2.44. The van der Waals surface area contributed by atoms with E-state index in [1.165, 1.54) is 0 Å². The average Bonchev–Trinajstić information content (AvgIpc) is 2.94. The normalized spacial score (nSPS) is 12.6. The number of nitrogens with zero attached hydrogens (tertiary/aromatic N) is 2. The summed E-state index contributed by atoms with van der Waals surface area (Å²) < 4.78 is 16.1. The van der Waals surface area contributed by atoms with Crippen molar-refractivity contribution in [3.63, 3.8) is 0 Å². The van der Waals surface area contributed by atoms with Crippen LogP contribution in [0.4, 0.5) is 4.39 Å². The molecular formula is C17H24FN3. The molecule has 1 unspecified atom stereocenters. The van der Waals surface area contributed by atoms with Crippen molar-refractivity contribution < 1.29 is 4.39 Å². The number of aromatic nitrogens is 2. The highest BCUT2D eigenvalue weighted by atomic mass is 19.1. The van der Waals surface area contributed by atoms with E-state index >= 15 is 0 Å². The van der Waals surface area contributed by atoms with E-state index in [9.17, 15) is 4.39 Å². The monoisotopic (exact) mass is 289 g/mol. The Labute approximate surface area is 126 Å². The Morgan fingerprint density at radius 2 is 2.14 bits per heavy atom. The average molecular weight is 289 g/mol. The number of benzene rings is 1. The van der Waals surface area contributed by atoms with E-state index in [4.69, 9.17) is 0 Å². The molecule has 0 amide bonds. The molecule has 1 heterocycles. The summed E-state index contributed by atoms with van der Waals surface area (Å²) in [6.07, 6.45) is 5.32. The highest BCUT2D eigenvalue weighted by Crippen LogP contribution is 2.19. The van der Waals surface area contributed by atoms with Crippen molar-refractivity contribution >= 4 is 0 Å². The van der Waals surface area contributed by atoms with E-state index in [1.807, 2.05) is 22.9 Å². The SMILES string of the molecule is CCCNC(C)c1ccc(F)c(Cc2nccn2CC)c1.